The maximum absolute atomic E-state index is 13.1. The predicted molar refractivity (Wildman–Crippen MR) is 109 cm³/mol. The number of hydrogen-bond donors (Lipinski definition) is 0. The average Bonchev–Trinajstić information content (AvgIpc) is 3.53. The Morgan fingerprint density at radius 1 is 1.03 bits per heavy atom. The molecular formula is C24H22N2O3. The normalized spacial score (nSPS) is 34.2. The predicted octanol–water partition coefficient (Wildman–Crippen LogP) is 3.63. The van der Waals surface area contributed by atoms with E-state index < -0.39 is 0 Å². The van der Waals surface area contributed by atoms with Gasteiger partial charge < -0.3 is 4.74 Å². The lowest BCUT2D eigenvalue weighted by molar-refractivity contribution is -0.140. The van der Waals surface area contributed by atoms with E-state index >= 15 is 0 Å². The van der Waals surface area contributed by atoms with Gasteiger partial charge in [-0.05, 0) is 53.9 Å². The number of carbonyl (C=O) groups is 2. The van der Waals surface area contributed by atoms with Crippen molar-refractivity contribution in [1.82, 2.24) is 5.01 Å². The van der Waals surface area contributed by atoms with E-state index in [1.807, 2.05) is 43.3 Å². The second kappa shape index (κ2) is 6.02. The Kier molecular flexibility index (Phi) is 3.52. The Balaban J connectivity index is 1.38. The quantitative estimate of drug-likeness (QED) is 0.458. The second-order valence-corrected chi connectivity index (χ2v) is 8.52. The molecule has 29 heavy (non-hydrogen) atoms. The van der Waals surface area contributed by atoms with Crippen LogP contribution in [-0.4, -0.2) is 29.6 Å². The maximum atomic E-state index is 13.1. The molecule has 3 fully saturated rings. The first-order valence-electron chi connectivity index (χ1n) is 10.4. The molecule has 2 saturated carbocycles. The third kappa shape index (κ3) is 2.30. The van der Waals surface area contributed by atoms with Crippen LogP contribution >= 0.6 is 0 Å². The summed E-state index contributed by atoms with van der Waals surface area (Å²) in [5.41, 5.74) is 0.796. The van der Waals surface area contributed by atoms with Crippen LogP contribution in [0.1, 0.15) is 18.9 Å². The molecule has 0 radical (unpaired) electrons. The van der Waals surface area contributed by atoms with Gasteiger partial charge in [-0.2, -0.15) is 10.1 Å². The molecule has 146 valence electrons. The van der Waals surface area contributed by atoms with Crippen molar-refractivity contribution in [1.29, 1.82) is 0 Å². The number of carbonyl (C=O) groups excluding carboxylic acids is 2. The van der Waals surface area contributed by atoms with Crippen molar-refractivity contribution in [3.63, 3.8) is 0 Å². The molecule has 2 amide bonds. The first-order valence-corrected chi connectivity index (χ1v) is 10.4. The fourth-order valence-electron chi connectivity index (χ4n) is 5.86. The second-order valence-electron chi connectivity index (χ2n) is 8.52. The molecule has 0 aromatic heterocycles. The van der Waals surface area contributed by atoms with E-state index in [2.05, 4.69) is 17.3 Å². The van der Waals surface area contributed by atoms with E-state index in [4.69, 9.17) is 4.74 Å². The third-order valence-corrected chi connectivity index (χ3v) is 7.17. The fourth-order valence-corrected chi connectivity index (χ4v) is 5.86. The number of benzene rings is 2. The molecule has 5 aliphatic rings. The van der Waals surface area contributed by atoms with Crippen molar-refractivity contribution in [2.24, 2.45) is 40.6 Å². The number of hydrogen-bond acceptors (Lipinski definition) is 4. The number of nitrogens with zero attached hydrogens (tertiary/aromatic N) is 2. The lowest BCUT2D eigenvalue weighted by Crippen LogP contribution is -2.40. The minimum Gasteiger partial charge on any atom is -0.493 e. The van der Waals surface area contributed by atoms with Crippen molar-refractivity contribution in [3.05, 3.63) is 54.1 Å². The number of hydrazone groups is 1. The van der Waals surface area contributed by atoms with Gasteiger partial charge >= 0.3 is 0 Å². The Morgan fingerprint density at radius 3 is 2.41 bits per heavy atom. The van der Waals surface area contributed by atoms with Crippen LogP contribution in [-0.2, 0) is 9.59 Å². The van der Waals surface area contributed by atoms with Gasteiger partial charge in [-0.1, -0.05) is 42.5 Å². The summed E-state index contributed by atoms with van der Waals surface area (Å²) in [4.78, 5) is 26.3. The highest BCUT2D eigenvalue weighted by Gasteiger charge is 2.67. The van der Waals surface area contributed by atoms with Gasteiger partial charge in [0.15, 0.2) is 0 Å². The van der Waals surface area contributed by atoms with Gasteiger partial charge in [0.1, 0.15) is 5.75 Å². The number of fused-ring (bicyclic) bond motifs is 1. The van der Waals surface area contributed by atoms with Crippen LogP contribution in [0.15, 0.2) is 53.7 Å². The van der Waals surface area contributed by atoms with E-state index in [9.17, 15) is 9.59 Å². The van der Waals surface area contributed by atoms with Crippen molar-refractivity contribution in [2.45, 2.75) is 13.3 Å². The highest BCUT2D eigenvalue weighted by atomic mass is 16.5. The zero-order chi connectivity index (χ0) is 19.7. The van der Waals surface area contributed by atoms with Gasteiger partial charge in [0, 0.05) is 5.56 Å². The number of imide groups is 1. The molecule has 2 aromatic carbocycles. The van der Waals surface area contributed by atoms with Crippen molar-refractivity contribution < 1.29 is 14.3 Å². The van der Waals surface area contributed by atoms with E-state index in [1.54, 1.807) is 6.21 Å². The van der Waals surface area contributed by atoms with E-state index in [1.165, 1.54) is 0 Å². The molecule has 0 unspecified atom stereocenters. The summed E-state index contributed by atoms with van der Waals surface area (Å²) < 4.78 is 5.78. The van der Waals surface area contributed by atoms with Crippen LogP contribution in [0.2, 0.25) is 0 Å². The van der Waals surface area contributed by atoms with Gasteiger partial charge in [0.25, 0.3) is 11.8 Å². The van der Waals surface area contributed by atoms with Gasteiger partial charge in [-0.3, -0.25) is 9.59 Å². The zero-order valence-electron chi connectivity index (χ0n) is 16.2. The van der Waals surface area contributed by atoms with Gasteiger partial charge in [-0.25, -0.2) is 0 Å². The number of allylic oxidation sites excluding steroid dienone is 2. The summed E-state index contributed by atoms with van der Waals surface area (Å²) in [7, 11) is 0. The minimum absolute atomic E-state index is 0.140. The summed E-state index contributed by atoms with van der Waals surface area (Å²) in [6.45, 7) is 2.46. The van der Waals surface area contributed by atoms with Crippen LogP contribution in [0.4, 0.5) is 0 Å². The number of amides is 2. The summed E-state index contributed by atoms with van der Waals surface area (Å²) in [5.74, 6) is 1.58. The average molecular weight is 386 g/mol. The highest BCUT2D eigenvalue weighted by molar-refractivity contribution is 6.08. The molecule has 7 rings (SSSR count). The lowest BCUT2D eigenvalue weighted by atomic mass is 9.63. The van der Waals surface area contributed by atoms with E-state index in [-0.39, 0.29) is 35.5 Å². The first-order chi connectivity index (χ1) is 14.2. The SMILES string of the molecule is CCOc1ccc2ccccc2c1/C=N\N1C(=O)[C@@H]2[C@@H]3C=C[C@H]([C@H]4C[C@@H]34)[C@@H]2C1=O. The first kappa shape index (κ1) is 17.0. The Bertz CT molecular complexity index is 1070. The highest BCUT2D eigenvalue weighted by Crippen LogP contribution is 2.65. The number of rotatable bonds is 4. The number of ether oxygens (including phenoxy) is 1. The van der Waals surface area contributed by atoms with Gasteiger partial charge in [0.05, 0.1) is 24.7 Å². The zero-order valence-corrected chi connectivity index (χ0v) is 16.2. The van der Waals surface area contributed by atoms with E-state index in [0.717, 1.165) is 27.8 Å². The topological polar surface area (TPSA) is 59.0 Å². The standard InChI is InChI=1S/C24H22N2O3/c1-2-29-20-10-7-13-5-3-4-6-14(13)19(20)12-25-26-23(27)21-15-8-9-16(18-11-17(15)18)22(21)24(26)28/h3-10,12,15-18,21-22H,2,11H2,1H3/b25-12-/t15-,16-,17-,18+,21+,22-/m1/s1. The molecule has 6 atom stereocenters. The molecule has 0 N–H and O–H groups in total. The van der Waals surface area contributed by atoms with Gasteiger partial charge in [-0.15, -0.1) is 0 Å². The van der Waals surface area contributed by atoms with Crippen LogP contribution in [0, 0.1) is 35.5 Å². The van der Waals surface area contributed by atoms with Crippen LogP contribution in [0.25, 0.3) is 10.8 Å². The largest absolute Gasteiger partial charge is 0.493 e. The molecule has 5 nitrogen and oxygen atoms in total. The van der Waals surface area contributed by atoms with Crippen molar-refractivity contribution in [2.75, 3.05) is 6.61 Å². The molecule has 1 aliphatic heterocycles. The summed E-state index contributed by atoms with van der Waals surface area (Å²) in [6, 6.07) is 11.9. The monoisotopic (exact) mass is 386 g/mol. The lowest BCUT2D eigenvalue weighted by Gasteiger charge is -2.37. The Labute approximate surface area is 169 Å². The van der Waals surface area contributed by atoms with Crippen molar-refractivity contribution in [3.8, 4) is 5.75 Å². The van der Waals surface area contributed by atoms with Crippen molar-refractivity contribution >= 4 is 28.8 Å². The molecule has 2 aromatic rings. The molecular weight excluding hydrogens is 364 g/mol. The molecule has 1 saturated heterocycles. The summed E-state index contributed by atoms with van der Waals surface area (Å²) >= 11 is 0. The molecule has 5 heteroatoms. The summed E-state index contributed by atoms with van der Waals surface area (Å²) in [6.07, 6.45) is 7.13. The maximum Gasteiger partial charge on any atom is 0.254 e. The smallest absolute Gasteiger partial charge is 0.254 e. The van der Waals surface area contributed by atoms with Crippen LogP contribution in [0.3, 0.4) is 0 Å². The minimum atomic E-state index is -0.225. The van der Waals surface area contributed by atoms with Crippen LogP contribution < -0.4 is 4.74 Å². The van der Waals surface area contributed by atoms with Gasteiger partial charge in [0.2, 0.25) is 0 Å². The molecule has 0 spiro atoms. The molecule has 4 aliphatic carbocycles. The Morgan fingerprint density at radius 2 is 1.72 bits per heavy atom. The van der Waals surface area contributed by atoms with E-state index in [0.29, 0.717) is 24.2 Å². The third-order valence-electron chi connectivity index (χ3n) is 7.17. The molecule has 1 heterocycles. The summed E-state index contributed by atoms with van der Waals surface area (Å²) in [5, 5.41) is 7.59. The molecule has 2 bridgehead atoms. The van der Waals surface area contributed by atoms with Crippen LogP contribution in [0.5, 0.6) is 5.75 Å². The fraction of sp³-hybridized carbons (Fsp3) is 0.375. The Hall–Kier alpha value is -2.95.